The first-order valence-corrected chi connectivity index (χ1v) is 6.65. The second-order valence-electron chi connectivity index (χ2n) is 5.01. The maximum atomic E-state index is 12.1. The zero-order valence-electron chi connectivity index (χ0n) is 11.7. The van der Waals surface area contributed by atoms with Crippen LogP contribution in [0.2, 0.25) is 0 Å². The number of esters is 1. The molecule has 1 aromatic carbocycles. The molecule has 0 aromatic heterocycles. The number of likely N-dealkylation sites (tertiary alicyclic amines) is 1. The fraction of sp³-hybridized carbons (Fsp3) is 0.467. The summed E-state index contributed by atoms with van der Waals surface area (Å²) in [6, 6.07) is 9.20. The van der Waals surface area contributed by atoms with Crippen molar-refractivity contribution >= 4 is 11.9 Å². The highest BCUT2D eigenvalue weighted by atomic mass is 16.5. The van der Waals surface area contributed by atoms with Crippen molar-refractivity contribution in [3.8, 4) is 5.75 Å². The minimum absolute atomic E-state index is 0.00930. The van der Waals surface area contributed by atoms with Crippen molar-refractivity contribution < 1.29 is 19.1 Å². The second kappa shape index (κ2) is 6.41. The Labute approximate surface area is 118 Å². The van der Waals surface area contributed by atoms with E-state index in [2.05, 4.69) is 0 Å². The van der Waals surface area contributed by atoms with Gasteiger partial charge in [-0.15, -0.1) is 0 Å². The predicted octanol–water partition coefficient (Wildman–Crippen LogP) is 1.33. The highest BCUT2D eigenvalue weighted by Crippen LogP contribution is 2.24. The molecule has 1 aromatic rings. The molecule has 108 valence electrons. The Morgan fingerprint density at radius 1 is 1.25 bits per heavy atom. The molecule has 0 N–H and O–H groups in total. The van der Waals surface area contributed by atoms with E-state index in [0.717, 1.165) is 0 Å². The molecule has 5 heteroatoms. The van der Waals surface area contributed by atoms with Crippen molar-refractivity contribution in [3.63, 3.8) is 0 Å². The van der Waals surface area contributed by atoms with Crippen molar-refractivity contribution in [1.82, 2.24) is 4.90 Å². The summed E-state index contributed by atoms with van der Waals surface area (Å²) >= 11 is 0. The van der Waals surface area contributed by atoms with Gasteiger partial charge in [-0.05, 0) is 18.1 Å². The molecule has 20 heavy (non-hydrogen) atoms. The van der Waals surface area contributed by atoms with Gasteiger partial charge in [-0.25, -0.2) is 0 Å². The average molecular weight is 277 g/mol. The van der Waals surface area contributed by atoms with E-state index in [1.807, 2.05) is 25.1 Å². The van der Waals surface area contributed by atoms with Crippen LogP contribution in [-0.2, 0) is 14.3 Å². The van der Waals surface area contributed by atoms with E-state index in [4.69, 9.17) is 9.47 Å². The summed E-state index contributed by atoms with van der Waals surface area (Å²) in [6.07, 6.45) is 0. The Morgan fingerprint density at radius 2 is 1.95 bits per heavy atom. The van der Waals surface area contributed by atoms with Crippen molar-refractivity contribution in [2.24, 2.45) is 11.8 Å². The molecule has 1 aliphatic rings. The maximum Gasteiger partial charge on any atom is 0.310 e. The van der Waals surface area contributed by atoms with Crippen LogP contribution in [0.1, 0.15) is 6.92 Å². The Bertz CT molecular complexity index is 474. The van der Waals surface area contributed by atoms with Gasteiger partial charge in [0.25, 0.3) is 5.91 Å². The lowest BCUT2D eigenvalue weighted by Crippen LogP contribution is -2.34. The minimum Gasteiger partial charge on any atom is -0.484 e. The number of carbonyl (C=O) groups excluding carboxylic acids is 2. The van der Waals surface area contributed by atoms with E-state index >= 15 is 0 Å². The number of benzene rings is 1. The van der Waals surface area contributed by atoms with E-state index in [-0.39, 0.29) is 30.3 Å². The topological polar surface area (TPSA) is 55.8 Å². The van der Waals surface area contributed by atoms with Crippen LogP contribution in [0.25, 0.3) is 0 Å². The molecule has 0 spiro atoms. The average Bonchev–Trinajstić information content (AvgIpc) is 2.87. The predicted molar refractivity (Wildman–Crippen MR) is 73.2 cm³/mol. The molecule has 2 rings (SSSR count). The third-order valence-corrected chi connectivity index (χ3v) is 3.57. The van der Waals surface area contributed by atoms with E-state index in [0.29, 0.717) is 18.8 Å². The Balaban J connectivity index is 1.86. The molecule has 1 heterocycles. The van der Waals surface area contributed by atoms with Gasteiger partial charge in [0.05, 0.1) is 13.0 Å². The molecule has 5 nitrogen and oxygen atoms in total. The van der Waals surface area contributed by atoms with Crippen LogP contribution < -0.4 is 4.74 Å². The van der Waals surface area contributed by atoms with Crippen LogP contribution in [0.4, 0.5) is 0 Å². The maximum absolute atomic E-state index is 12.1. The van der Waals surface area contributed by atoms with Gasteiger partial charge in [0.1, 0.15) is 5.75 Å². The monoisotopic (exact) mass is 277 g/mol. The molecule has 1 saturated heterocycles. The van der Waals surface area contributed by atoms with Crippen molar-refractivity contribution in [2.45, 2.75) is 6.92 Å². The second-order valence-corrected chi connectivity index (χ2v) is 5.01. The molecule has 0 aliphatic carbocycles. The number of ether oxygens (including phenoxy) is 2. The van der Waals surface area contributed by atoms with E-state index < -0.39 is 0 Å². The standard InChI is InChI=1S/C15H19NO4/c1-11-8-16(9-13(11)15(18)19-2)14(17)10-20-12-6-4-3-5-7-12/h3-7,11,13H,8-10H2,1-2H3. The molecule has 1 fully saturated rings. The number of nitrogens with zero attached hydrogens (tertiary/aromatic N) is 1. The molecule has 2 unspecified atom stereocenters. The number of methoxy groups -OCH3 is 1. The number of carbonyl (C=O) groups is 2. The number of hydrogen-bond donors (Lipinski definition) is 0. The molecule has 0 bridgehead atoms. The van der Waals surface area contributed by atoms with Crippen LogP contribution in [0, 0.1) is 11.8 Å². The molecular weight excluding hydrogens is 258 g/mol. The van der Waals surface area contributed by atoms with Crippen LogP contribution >= 0.6 is 0 Å². The van der Waals surface area contributed by atoms with Gasteiger partial charge in [0.2, 0.25) is 0 Å². The third kappa shape index (κ3) is 3.29. The summed E-state index contributed by atoms with van der Waals surface area (Å²) in [5.74, 6) is 0.185. The summed E-state index contributed by atoms with van der Waals surface area (Å²) in [6.45, 7) is 2.92. The first kappa shape index (κ1) is 14.4. The lowest BCUT2D eigenvalue weighted by atomic mass is 9.99. The minimum atomic E-state index is -0.253. The van der Waals surface area contributed by atoms with Gasteiger partial charge < -0.3 is 14.4 Å². The quantitative estimate of drug-likeness (QED) is 0.779. The zero-order chi connectivity index (χ0) is 14.5. The third-order valence-electron chi connectivity index (χ3n) is 3.57. The van der Waals surface area contributed by atoms with Crippen LogP contribution in [0.15, 0.2) is 30.3 Å². The summed E-state index contributed by atoms with van der Waals surface area (Å²) < 4.78 is 10.2. The van der Waals surface area contributed by atoms with E-state index in [1.54, 1.807) is 17.0 Å². The lowest BCUT2D eigenvalue weighted by molar-refractivity contribution is -0.146. The molecule has 0 radical (unpaired) electrons. The Morgan fingerprint density at radius 3 is 2.60 bits per heavy atom. The molecule has 1 aliphatic heterocycles. The van der Waals surface area contributed by atoms with Gasteiger partial charge in [-0.1, -0.05) is 25.1 Å². The van der Waals surface area contributed by atoms with Crippen molar-refractivity contribution in [3.05, 3.63) is 30.3 Å². The smallest absolute Gasteiger partial charge is 0.310 e. The fourth-order valence-electron chi connectivity index (χ4n) is 2.38. The van der Waals surface area contributed by atoms with Crippen LogP contribution in [0.3, 0.4) is 0 Å². The number of amides is 1. The first-order valence-electron chi connectivity index (χ1n) is 6.65. The normalized spacial score (nSPS) is 21.6. The van der Waals surface area contributed by atoms with Crippen molar-refractivity contribution in [2.75, 3.05) is 26.8 Å². The van der Waals surface area contributed by atoms with Crippen LogP contribution in [-0.4, -0.2) is 43.6 Å². The Kier molecular flexibility index (Phi) is 4.61. The van der Waals surface area contributed by atoms with Crippen LogP contribution in [0.5, 0.6) is 5.75 Å². The summed E-state index contributed by atoms with van der Waals surface area (Å²) in [7, 11) is 1.37. The van der Waals surface area contributed by atoms with Gasteiger partial charge in [-0.3, -0.25) is 9.59 Å². The highest BCUT2D eigenvalue weighted by Gasteiger charge is 2.37. The van der Waals surface area contributed by atoms with Gasteiger partial charge in [0, 0.05) is 13.1 Å². The van der Waals surface area contributed by atoms with Gasteiger partial charge in [0.15, 0.2) is 6.61 Å². The zero-order valence-corrected chi connectivity index (χ0v) is 11.7. The van der Waals surface area contributed by atoms with Gasteiger partial charge >= 0.3 is 5.97 Å². The summed E-state index contributed by atoms with van der Waals surface area (Å²) in [4.78, 5) is 25.3. The molecular formula is C15H19NO4. The highest BCUT2D eigenvalue weighted by molar-refractivity contribution is 5.80. The SMILES string of the molecule is COC(=O)C1CN(C(=O)COc2ccccc2)CC1C. The van der Waals surface area contributed by atoms with Gasteiger partial charge in [-0.2, -0.15) is 0 Å². The van der Waals surface area contributed by atoms with E-state index in [9.17, 15) is 9.59 Å². The summed E-state index contributed by atoms with van der Waals surface area (Å²) in [5.41, 5.74) is 0. The number of para-hydroxylation sites is 1. The van der Waals surface area contributed by atoms with Crippen molar-refractivity contribution in [1.29, 1.82) is 0 Å². The molecule has 2 atom stereocenters. The summed E-state index contributed by atoms with van der Waals surface area (Å²) in [5, 5.41) is 0. The largest absolute Gasteiger partial charge is 0.484 e. The number of rotatable bonds is 4. The van der Waals surface area contributed by atoms with E-state index in [1.165, 1.54) is 7.11 Å². The lowest BCUT2D eigenvalue weighted by Gasteiger charge is -2.16. The number of hydrogen-bond acceptors (Lipinski definition) is 4. The molecule has 1 amide bonds. The fourth-order valence-corrected chi connectivity index (χ4v) is 2.38. The first-order chi connectivity index (χ1) is 9.61. The molecule has 0 saturated carbocycles. The Hall–Kier alpha value is -2.04.